The molecule has 3 aliphatic heterocycles. The molecule has 0 aliphatic carbocycles. The van der Waals surface area contributed by atoms with E-state index in [9.17, 15) is 24.6 Å². The van der Waals surface area contributed by atoms with Crippen molar-refractivity contribution in [1.29, 1.82) is 0 Å². The lowest BCUT2D eigenvalue weighted by Crippen LogP contribution is -2.66. The number of carbonyl (C=O) groups excluding carboxylic acids is 3. The largest absolute Gasteiger partial charge is 0.462 e. The van der Waals surface area contributed by atoms with Crippen LogP contribution in [0.4, 0.5) is 0 Å². The number of benzene rings is 1. The van der Waals surface area contributed by atoms with Gasteiger partial charge in [0.1, 0.15) is 36.1 Å². The molecular weight excluding hydrogens is 863 g/mol. The van der Waals surface area contributed by atoms with Gasteiger partial charge in [-0.15, -0.1) is 0 Å². The maximum Gasteiger partial charge on any atom is 0.309 e. The Morgan fingerprint density at radius 1 is 0.910 bits per heavy atom. The Hall–Kier alpha value is -3.03. The average molecular weight is 948 g/mol. The Bertz CT molecular complexity index is 1700. The Morgan fingerprint density at radius 2 is 1.60 bits per heavy atom. The van der Waals surface area contributed by atoms with Crippen LogP contribution in [0.5, 0.6) is 0 Å². The fraction of sp³-hybridized carbons (Fsp3) is 0.784. The minimum atomic E-state index is -1.47. The summed E-state index contributed by atoms with van der Waals surface area (Å²) in [5.74, 6) is -1.66. The molecule has 2 N–H and O–H groups in total. The van der Waals surface area contributed by atoms with E-state index in [1.807, 2.05) is 79.0 Å². The zero-order valence-corrected chi connectivity index (χ0v) is 42.9. The quantitative estimate of drug-likeness (QED) is 0.121. The topological polar surface area (TPSA) is 175 Å². The third kappa shape index (κ3) is 16.8. The van der Waals surface area contributed by atoms with E-state index in [0.717, 1.165) is 13.0 Å². The van der Waals surface area contributed by atoms with Crippen molar-refractivity contribution in [2.75, 3.05) is 55.4 Å². The first-order valence-corrected chi connectivity index (χ1v) is 24.3. The number of carbonyl (C=O) groups is 3. The first-order valence-electron chi connectivity index (χ1n) is 24.3. The lowest BCUT2D eigenvalue weighted by Gasteiger charge is -2.50. The van der Waals surface area contributed by atoms with Crippen LogP contribution >= 0.6 is 0 Å². The number of cyclic esters (lactones) is 1. The number of hydrogen-bond acceptors (Lipinski definition) is 16. The van der Waals surface area contributed by atoms with Crippen molar-refractivity contribution >= 4 is 17.9 Å². The lowest BCUT2D eigenvalue weighted by molar-refractivity contribution is -0.344. The van der Waals surface area contributed by atoms with Crippen LogP contribution in [0.3, 0.4) is 0 Å². The van der Waals surface area contributed by atoms with Gasteiger partial charge in [0, 0.05) is 45.9 Å². The fourth-order valence-corrected chi connectivity index (χ4v) is 10.0. The molecular formula is C51H85N3O13. The summed E-state index contributed by atoms with van der Waals surface area (Å²) in [6.45, 7) is 15.8. The third-order valence-electron chi connectivity index (χ3n) is 13.4. The summed E-state index contributed by atoms with van der Waals surface area (Å²) < 4.78 is 50.4. The van der Waals surface area contributed by atoms with E-state index < -0.39 is 97.1 Å². The van der Waals surface area contributed by atoms with Crippen molar-refractivity contribution in [1.82, 2.24) is 14.7 Å². The number of ether oxygens (including phenoxy) is 8. The molecule has 16 nitrogen and oxygen atoms in total. The molecule has 0 aromatic heterocycles. The first kappa shape index (κ1) is 56.6. The van der Waals surface area contributed by atoms with Gasteiger partial charge in [-0.3, -0.25) is 14.4 Å². The minimum Gasteiger partial charge on any atom is -0.462 e. The Morgan fingerprint density at radius 3 is 2.19 bits per heavy atom. The zero-order chi connectivity index (χ0) is 49.7. The molecule has 382 valence electrons. The van der Waals surface area contributed by atoms with Crippen LogP contribution in [0.2, 0.25) is 0 Å². The molecule has 2 fully saturated rings. The van der Waals surface area contributed by atoms with Gasteiger partial charge >= 0.3 is 17.9 Å². The van der Waals surface area contributed by atoms with Crippen molar-refractivity contribution in [2.45, 2.75) is 186 Å². The summed E-state index contributed by atoms with van der Waals surface area (Å²) in [5, 5.41) is 24.1. The number of likely N-dealkylation sites (N-methyl/N-ethyl adjacent to an activating group) is 3. The SMILES string of the molecule is CO[C@@H]1[C@@H](O[C@@H]2O[C@H](C)C(O[C@H]3C[C@@](C)(O)[C@@H](OC(=O)CC(C)C)[C@H](C)O3)[C@H](N(C)C)[C@H]2O)[C@@H](CCN(C)CCc2ccccc2)C[C@@H](C)[C@@H](N(C)C)/C=C/C[C@@H](C)OC(=O)C[C@H]1OC(C)=O. The summed E-state index contributed by atoms with van der Waals surface area (Å²) in [6, 6.07) is 9.65. The van der Waals surface area contributed by atoms with Gasteiger partial charge in [-0.05, 0) is 112 Å². The van der Waals surface area contributed by atoms with Gasteiger partial charge in [0.05, 0.1) is 30.8 Å². The van der Waals surface area contributed by atoms with E-state index in [2.05, 4.69) is 48.1 Å². The van der Waals surface area contributed by atoms with Crippen LogP contribution in [0.1, 0.15) is 99.5 Å². The Balaban J connectivity index is 1.71. The predicted octanol–water partition coefficient (Wildman–Crippen LogP) is 5.00. The van der Waals surface area contributed by atoms with Crippen molar-refractivity contribution in [3.8, 4) is 0 Å². The third-order valence-corrected chi connectivity index (χ3v) is 13.4. The van der Waals surface area contributed by atoms with Crippen molar-refractivity contribution in [3.05, 3.63) is 48.0 Å². The normalized spacial score (nSPS) is 36.4. The lowest BCUT2D eigenvalue weighted by atomic mass is 9.81. The smallest absolute Gasteiger partial charge is 0.309 e. The fourth-order valence-electron chi connectivity index (χ4n) is 10.0. The molecule has 3 heterocycles. The number of aliphatic hydroxyl groups is 2. The van der Waals surface area contributed by atoms with Crippen molar-refractivity contribution in [2.24, 2.45) is 17.8 Å². The van der Waals surface area contributed by atoms with E-state index in [-0.39, 0.29) is 43.1 Å². The van der Waals surface area contributed by atoms with Gasteiger partial charge in [0.2, 0.25) is 0 Å². The number of methoxy groups -OCH3 is 1. The summed E-state index contributed by atoms with van der Waals surface area (Å²) in [4.78, 5) is 45.4. The van der Waals surface area contributed by atoms with Crippen LogP contribution < -0.4 is 0 Å². The highest BCUT2D eigenvalue weighted by molar-refractivity contribution is 5.72. The molecule has 16 atom stereocenters. The van der Waals surface area contributed by atoms with Crippen LogP contribution in [-0.2, 0) is 58.7 Å². The highest BCUT2D eigenvalue weighted by Crippen LogP contribution is 2.38. The molecule has 0 spiro atoms. The Kier molecular flexibility index (Phi) is 22.2. The summed E-state index contributed by atoms with van der Waals surface area (Å²) in [7, 11) is 11.4. The number of hydrogen-bond donors (Lipinski definition) is 2. The second-order valence-electron chi connectivity index (χ2n) is 20.5. The summed E-state index contributed by atoms with van der Waals surface area (Å²) in [5.41, 5.74) is -0.233. The molecule has 3 aliphatic rings. The predicted molar refractivity (Wildman–Crippen MR) is 254 cm³/mol. The Labute approximate surface area is 400 Å². The molecule has 2 saturated heterocycles. The number of aliphatic hydroxyl groups excluding tert-OH is 1. The second-order valence-corrected chi connectivity index (χ2v) is 20.5. The molecule has 1 unspecified atom stereocenters. The molecule has 1 aromatic carbocycles. The van der Waals surface area contributed by atoms with Crippen molar-refractivity contribution in [3.63, 3.8) is 0 Å². The van der Waals surface area contributed by atoms with Gasteiger partial charge in [-0.1, -0.05) is 63.3 Å². The standard InChI is InChI=1S/C51H85N3O13/c1-31(2)27-41(56)65-49-35(6)62-43(30-51(49,8)59)66-46-34(5)63-50(45(58)44(46)53(11)12)67-47-38(24-26-54(13)25-23-37-20-16-15-17-21-37)28-32(3)39(52(9)10)22-18-19-33(4)61-42(57)29-40(48(47)60-14)64-36(7)55/h15-18,20-22,31-35,38-40,43-50,58-59H,19,23-30H2,1-14H3/b22-18+/t32-,33-,34-,35+,38+,39+,40-,43+,44-,45-,46?,47+,48+,49+,50+,51-/m1/s1. The molecule has 1 aromatic rings. The van der Waals surface area contributed by atoms with Crippen LogP contribution in [0, 0.1) is 17.8 Å². The summed E-state index contributed by atoms with van der Waals surface area (Å²) in [6.07, 6.45) is -3.12. The number of nitrogens with zero attached hydrogens (tertiary/aromatic N) is 3. The average Bonchev–Trinajstić information content (AvgIpc) is 3.22. The minimum absolute atomic E-state index is 0.00447. The van der Waals surface area contributed by atoms with Gasteiger partial charge in [-0.2, -0.15) is 0 Å². The zero-order valence-electron chi connectivity index (χ0n) is 42.9. The van der Waals surface area contributed by atoms with E-state index >= 15 is 0 Å². The number of rotatable bonds is 17. The van der Waals surface area contributed by atoms with Crippen molar-refractivity contribution < 1.29 is 62.5 Å². The number of esters is 3. The molecule has 0 bridgehead atoms. The maximum atomic E-state index is 13.6. The van der Waals surface area contributed by atoms with Gasteiger partial charge in [0.15, 0.2) is 18.7 Å². The maximum absolute atomic E-state index is 13.6. The monoisotopic (exact) mass is 948 g/mol. The van der Waals surface area contributed by atoms with Crippen LogP contribution in [-0.4, -0.2) is 183 Å². The molecule has 0 radical (unpaired) electrons. The molecule has 67 heavy (non-hydrogen) atoms. The molecule has 16 heteroatoms. The molecule has 4 rings (SSSR count). The van der Waals surface area contributed by atoms with Gasteiger partial charge in [0.25, 0.3) is 0 Å². The van der Waals surface area contributed by atoms with Gasteiger partial charge < -0.3 is 62.8 Å². The van der Waals surface area contributed by atoms with E-state index in [4.69, 9.17) is 37.9 Å². The van der Waals surface area contributed by atoms with Crippen LogP contribution in [0.25, 0.3) is 0 Å². The van der Waals surface area contributed by atoms with Gasteiger partial charge in [-0.25, -0.2) is 0 Å². The molecule has 0 amide bonds. The van der Waals surface area contributed by atoms with E-state index in [1.165, 1.54) is 19.6 Å². The van der Waals surface area contributed by atoms with E-state index in [1.54, 1.807) is 13.8 Å². The second kappa shape index (κ2) is 26.3. The highest BCUT2D eigenvalue weighted by atomic mass is 16.7. The van der Waals surface area contributed by atoms with E-state index in [0.29, 0.717) is 25.8 Å². The highest BCUT2D eigenvalue weighted by Gasteiger charge is 2.53. The summed E-state index contributed by atoms with van der Waals surface area (Å²) >= 11 is 0. The van der Waals surface area contributed by atoms with Crippen LogP contribution in [0.15, 0.2) is 42.5 Å². The first-order chi connectivity index (χ1) is 31.5. The molecule has 0 saturated carbocycles.